The van der Waals surface area contributed by atoms with Crippen LogP contribution in [-0.2, 0) is 30.9 Å². The number of aryl methyl sites for hydroxylation is 2. The van der Waals surface area contributed by atoms with E-state index < -0.39 is 0 Å². The van der Waals surface area contributed by atoms with Crippen molar-refractivity contribution in [2.45, 2.75) is 66.2 Å². The van der Waals surface area contributed by atoms with E-state index >= 15 is 0 Å². The smallest absolute Gasteiger partial charge is 0.260 e. The third kappa shape index (κ3) is 7.73. The third-order valence-corrected chi connectivity index (χ3v) is 12.3. The Morgan fingerprint density at radius 1 is 0.609 bits per heavy atom. The normalized spacial score (nSPS) is 12.5. The summed E-state index contributed by atoms with van der Waals surface area (Å²) in [6.45, 7) is 17.6. The van der Waals surface area contributed by atoms with Gasteiger partial charge in [0.2, 0.25) is 0 Å². The molecule has 5 heterocycles. The summed E-state index contributed by atoms with van der Waals surface area (Å²) in [4.78, 5) is 8.87. The van der Waals surface area contributed by atoms with Crippen molar-refractivity contribution in [1.29, 1.82) is 0 Å². The summed E-state index contributed by atoms with van der Waals surface area (Å²) in [7, 11) is 0. The molecule has 0 N–H and O–H groups in total. The first-order valence-corrected chi connectivity index (χ1v) is 21.4. The number of halogens is 1. The van der Waals surface area contributed by atoms with Crippen molar-refractivity contribution in [2.75, 3.05) is 0 Å². The average molecular weight is 1020 g/mol. The second-order valence-electron chi connectivity index (χ2n) is 18.7. The van der Waals surface area contributed by atoms with Gasteiger partial charge in [0.15, 0.2) is 0 Å². The molecule has 8 heteroatoms. The summed E-state index contributed by atoms with van der Waals surface area (Å²) in [5.74, 6) is 3.12. The van der Waals surface area contributed by atoms with E-state index in [1.54, 1.807) is 12.3 Å². The van der Waals surface area contributed by atoms with E-state index in [1.165, 1.54) is 39.7 Å². The largest absolute Gasteiger partial charge is 0.500 e. The van der Waals surface area contributed by atoms with Crippen molar-refractivity contribution >= 4 is 45.0 Å². The molecule has 3 aromatic heterocycles. The zero-order valence-electron chi connectivity index (χ0n) is 37.1. The number of hydrogen-bond donors (Lipinski definition) is 0. The number of para-hydroxylation sites is 1. The van der Waals surface area contributed by atoms with Crippen molar-refractivity contribution in [1.82, 2.24) is 9.97 Å². The van der Waals surface area contributed by atoms with Crippen LogP contribution >= 0.6 is 0 Å². The van der Waals surface area contributed by atoms with Crippen LogP contribution in [-0.4, -0.2) is 16.7 Å². The summed E-state index contributed by atoms with van der Waals surface area (Å²) >= 11 is 0. The van der Waals surface area contributed by atoms with E-state index in [0.29, 0.717) is 0 Å². The van der Waals surface area contributed by atoms with Crippen molar-refractivity contribution in [2.24, 2.45) is 0 Å². The first kappa shape index (κ1) is 42.9. The molecule has 9 aromatic rings. The Morgan fingerprint density at radius 3 is 1.88 bits per heavy atom. The molecule has 5 nitrogen and oxygen atoms in total. The zero-order valence-corrected chi connectivity index (χ0v) is 39.5. The van der Waals surface area contributed by atoms with E-state index in [9.17, 15) is 4.39 Å². The first-order chi connectivity index (χ1) is 30.2. The topological polar surface area (TPSA) is 57.4 Å². The Labute approximate surface area is 388 Å². The molecule has 11 rings (SSSR count). The molecule has 0 aliphatic carbocycles. The molecule has 0 atom stereocenters. The number of benzene rings is 6. The van der Waals surface area contributed by atoms with Crippen molar-refractivity contribution in [3.8, 4) is 56.6 Å². The second kappa shape index (κ2) is 16.3. The number of hydrogen-bond acceptors (Lipinski definition) is 5. The predicted octanol–water partition coefficient (Wildman–Crippen LogP) is 12.7. The summed E-state index contributed by atoms with van der Waals surface area (Å²) in [6, 6.07) is 46.5. The summed E-state index contributed by atoms with van der Waals surface area (Å²) in [6.07, 6.45) is 3.62. The van der Waals surface area contributed by atoms with Gasteiger partial charge in [0, 0.05) is 54.7 Å². The quantitative estimate of drug-likeness (QED) is 0.130. The molecule has 0 amide bonds. The monoisotopic (exact) mass is 1020 g/mol. The van der Waals surface area contributed by atoms with Gasteiger partial charge >= 0.3 is 0 Å². The molecule has 1 radical (unpaired) electrons. The second-order valence-corrected chi connectivity index (χ2v) is 18.7. The third-order valence-electron chi connectivity index (χ3n) is 12.3. The van der Waals surface area contributed by atoms with Gasteiger partial charge in [-0.2, -0.15) is 0 Å². The Bertz CT molecular complexity index is 3150. The van der Waals surface area contributed by atoms with Gasteiger partial charge in [-0.25, -0.2) is 0 Å². The zero-order chi connectivity index (χ0) is 43.8. The fraction of sp³-hybridized carbons (Fsp3) is 0.179. The SMILES string of the molecule is CC(C)(C)c1ccc2c(c1)B1c3cc(C(C)(C)C)ccc3Oc3cc(-c4cccc5c4oc4c(-c6ccccn6)[c-]ccc45)cc(c31)O2.Cc1cnc(-c2[c-]cc(F)cc2)cc1C.[Ir]. The molecular formula is C56H46BFIrN2O3-2. The van der Waals surface area contributed by atoms with Crippen molar-refractivity contribution in [3.63, 3.8) is 0 Å². The maximum Gasteiger partial charge on any atom is 0.260 e. The first-order valence-electron chi connectivity index (χ1n) is 21.4. The number of furan rings is 1. The van der Waals surface area contributed by atoms with Crippen LogP contribution in [0.3, 0.4) is 0 Å². The van der Waals surface area contributed by atoms with E-state index in [1.807, 2.05) is 50.4 Å². The van der Waals surface area contributed by atoms with Crippen LogP contribution in [0, 0.1) is 31.8 Å². The molecule has 2 aliphatic rings. The molecule has 0 unspecified atom stereocenters. The molecule has 0 fully saturated rings. The van der Waals surface area contributed by atoms with Gasteiger partial charge < -0.3 is 23.9 Å². The predicted molar refractivity (Wildman–Crippen MR) is 254 cm³/mol. The van der Waals surface area contributed by atoms with Crippen LogP contribution in [0.1, 0.15) is 63.8 Å². The molecule has 0 bridgehead atoms. The number of rotatable bonds is 3. The minimum atomic E-state index is -0.275. The Morgan fingerprint density at radius 2 is 1.28 bits per heavy atom. The molecule has 2 aliphatic heterocycles. The van der Waals surface area contributed by atoms with Gasteiger partial charge in [-0.1, -0.05) is 119 Å². The number of aromatic nitrogens is 2. The summed E-state index contributed by atoms with van der Waals surface area (Å²) in [5.41, 5.74) is 15.2. The van der Waals surface area contributed by atoms with Gasteiger partial charge in [0.1, 0.15) is 28.6 Å². The van der Waals surface area contributed by atoms with Gasteiger partial charge in [-0.3, -0.25) is 4.39 Å². The van der Waals surface area contributed by atoms with E-state index in [2.05, 4.69) is 136 Å². The number of fused-ring (bicyclic) bond motifs is 7. The minimum Gasteiger partial charge on any atom is -0.500 e. The maximum absolute atomic E-state index is 12.7. The molecule has 0 saturated carbocycles. The van der Waals surface area contributed by atoms with E-state index in [-0.39, 0.29) is 43.5 Å². The Hall–Kier alpha value is -6.34. The molecular weight excluding hydrogens is 971 g/mol. The summed E-state index contributed by atoms with van der Waals surface area (Å²) < 4.78 is 33.0. The standard InChI is InChI=1S/C43H35BNO3.C13H11FN.Ir/c1-42(2,3)26-16-18-35-32(23-26)44-33-24-27(43(4,5)6)17-19-36(33)47-38-22-25(21-37(46-35)39(38)44)28-11-9-12-29-30-13-10-14-31(41(30)48-40(28)29)34-15-7-8-20-45-34;1-9-7-13(15-8-10(9)2)11-3-5-12(14)6-4-11;/h7-13,15-24H,1-6H3;3,5-8H,1-2H3;/q2*-1;. The van der Waals surface area contributed by atoms with Gasteiger partial charge in [0.05, 0.1) is 5.58 Å². The van der Waals surface area contributed by atoms with Crippen LogP contribution in [0.25, 0.3) is 55.6 Å². The fourth-order valence-electron chi connectivity index (χ4n) is 8.62. The summed E-state index contributed by atoms with van der Waals surface area (Å²) in [5, 5.41) is 2.07. The Balaban J connectivity index is 0.000000276. The van der Waals surface area contributed by atoms with Crippen LogP contribution in [0.5, 0.6) is 23.0 Å². The van der Waals surface area contributed by atoms with E-state index in [0.717, 1.165) is 89.6 Å². The van der Waals surface area contributed by atoms with Crippen molar-refractivity contribution < 1.29 is 38.4 Å². The minimum absolute atomic E-state index is 0. The maximum atomic E-state index is 12.7. The Kier molecular flexibility index (Phi) is 11.0. The van der Waals surface area contributed by atoms with Gasteiger partial charge in [-0.05, 0) is 99.6 Å². The van der Waals surface area contributed by atoms with Crippen LogP contribution < -0.4 is 25.9 Å². The molecule has 6 aromatic carbocycles. The average Bonchev–Trinajstić information content (AvgIpc) is 3.66. The molecule has 0 spiro atoms. The van der Waals surface area contributed by atoms with E-state index in [4.69, 9.17) is 13.9 Å². The van der Waals surface area contributed by atoms with Crippen molar-refractivity contribution in [3.05, 3.63) is 174 Å². The molecule has 0 saturated heterocycles. The molecule has 64 heavy (non-hydrogen) atoms. The van der Waals surface area contributed by atoms with Gasteiger partial charge in [-0.15, -0.1) is 48.0 Å². The number of ether oxygens (including phenoxy) is 2. The number of nitrogens with zero attached hydrogens (tertiary/aromatic N) is 2. The molecule has 319 valence electrons. The van der Waals surface area contributed by atoms with Crippen LogP contribution in [0.15, 0.2) is 138 Å². The van der Waals surface area contributed by atoms with Gasteiger partial charge in [0.25, 0.3) is 6.71 Å². The fourth-order valence-corrected chi connectivity index (χ4v) is 8.62. The van der Waals surface area contributed by atoms with Crippen LogP contribution in [0.4, 0.5) is 4.39 Å². The van der Waals surface area contributed by atoms with Crippen LogP contribution in [0.2, 0.25) is 0 Å². The number of pyridine rings is 2.